The quantitative estimate of drug-likeness (QED) is 0.885. The van der Waals surface area contributed by atoms with E-state index in [1.165, 1.54) is 0 Å². The molecule has 0 bridgehead atoms. The molecule has 2 atom stereocenters. The third kappa shape index (κ3) is 2.33. The lowest BCUT2D eigenvalue weighted by molar-refractivity contribution is -0.188. The molecule has 1 heterocycles. The highest BCUT2D eigenvalue weighted by Crippen LogP contribution is 2.47. The Morgan fingerprint density at radius 2 is 2.00 bits per heavy atom. The van der Waals surface area contributed by atoms with Crippen LogP contribution in [0, 0.1) is 5.92 Å². The van der Waals surface area contributed by atoms with Gasteiger partial charge in [0.05, 0.1) is 5.92 Å². The van der Waals surface area contributed by atoms with Gasteiger partial charge in [-0.2, -0.15) is 13.2 Å². The lowest BCUT2D eigenvalue weighted by Gasteiger charge is -2.31. The molecule has 1 aliphatic rings. The Morgan fingerprint density at radius 1 is 1.33 bits per heavy atom. The van der Waals surface area contributed by atoms with Crippen molar-refractivity contribution in [3.63, 3.8) is 0 Å². The smallest absolute Gasteiger partial charge is 0.381 e. The van der Waals surface area contributed by atoms with E-state index < -0.39 is 18.0 Å². The number of aromatic nitrogens is 1. The molecule has 3 nitrogen and oxygen atoms in total. The number of nitrogens with two attached hydrogens (primary N) is 1. The fraction of sp³-hybridized carbons (Fsp3) is 0.750. The summed E-state index contributed by atoms with van der Waals surface area (Å²) in [7, 11) is 0. The van der Waals surface area contributed by atoms with Crippen LogP contribution in [0.1, 0.15) is 49.8 Å². The molecular weight excluding hydrogens is 245 g/mol. The largest absolute Gasteiger partial charge is 0.392 e. The molecule has 0 saturated heterocycles. The minimum atomic E-state index is -4.18. The highest BCUT2D eigenvalue weighted by atomic mass is 19.4. The van der Waals surface area contributed by atoms with Crippen LogP contribution in [0.4, 0.5) is 19.0 Å². The molecular formula is C12H17F3N2O. The van der Waals surface area contributed by atoms with E-state index in [0.29, 0.717) is 30.6 Å². The van der Waals surface area contributed by atoms with Crippen LogP contribution >= 0.6 is 0 Å². The van der Waals surface area contributed by atoms with Crippen LogP contribution in [0.5, 0.6) is 0 Å². The summed E-state index contributed by atoms with van der Waals surface area (Å²) in [5.41, 5.74) is 6.26. The molecule has 1 aliphatic carbocycles. The van der Waals surface area contributed by atoms with Crippen molar-refractivity contribution in [1.29, 1.82) is 0 Å². The predicted molar refractivity (Wildman–Crippen MR) is 61.0 cm³/mol. The highest BCUT2D eigenvalue weighted by Gasteiger charge is 2.47. The maximum atomic E-state index is 13.0. The zero-order valence-electron chi connectivity index (χ0n) is 10.3. The van der Waals surface area contributed by atoms with Crippen LogP contribution < -0.4 is 5.73 Å². The molecule has 0 aliphatic heterocycles. The number of nitrogens with zero attached hydrogens (tertiary/aromatic N) is 1. The number of halogens is 3. The first-order valence-electron chi connectivity index (χ1n) is 6.25. The van der Waals surface area contributed by atoms with E-state index in [-0.39, 0.29) is 12.2 Å². The van der Waals surface area contributed by atoms with Gasteiger partial charge in [-0.05, 0) is 19.3 Å². The van der Waals surface area contributed by atoms with Crippen molar-refractivity contribution in [1.82, 2.24) is 5.16 Å². The molecule has 18 heavy (non-hydrogen) atoms. The Morgan fingerprint density at radius 3 is 2.61 bits per heavy atom. The van der Waals surface area contributed by atoms with Gasteiger partial charge in [-0.15, -0.1) is 0 Å². The van der Waals surface area contributed by atoms with Crippen molar-refractivity contribution in [2.45, 2.75) is 51.1 Å². The number of nitrogen functional groups attached to an aromatic ring is 1. The predicted octanol–water partition coefficient (Wildman–Crippen LogP) is 3.66. The monoisotopic (exact) mass is 262 g/mol. The lowest BCUT2D eigenvalue weighted by atomic mass is 9.76. The molecule has 0 aromatic carbocycles. The van der Waals surface area contributed by atoms with Gasteiger partial charge in [0.1, 0.15) is 5.76 Å². The van der Waals surface area contributed by atoms with E-state index in [1.54, 1.807) is 0 Å². The first-order valence-corrected chi connectivity index (χ1v) is 6.25. The van der Waals surface area contributed by atoms with Gasteiger partial charge in [0, 0.05) is 11.5 Å². The normalized spacial score (nSPS) is 25.3. The van der Waals surface area contributed by atoms with E-state index in [4.69, 9.17) is 10.3 Å². The van der Waals surface area contributed by atoms with Crippen LogP contribution in [0.3, 0.4) is 0 Å². The summed E-state index contributed by atoms with van der Waals surface area (Å²) in [5.74, 6) is -1.39. The molecule has 1 aromatic rings. The van der Waals surface area contributed by atoms with Gasteiger partial charge in [0.2, 0.25) is 0 Å². The second-order valence-corrected chi connectivity index (χ2v) is 4.80. The number of anilines is 1. The van der Waals surface area contributed by atoms with Crippen LogP contribution in [-0.2, 0) is 6.42 Å². The molecule has 0 radical (unpaired) electrons. The number of alkyl halides is 3. The topological polar surface area (TPSA) is 52.0 Å². The molecule has 1 saturated carbocycles. The Kier molecular flexibility index (Phi) is 3.54. The van der Waals surface area contributed by atoms with Crippen molar-refractivity contribution in [3.05, 3.63) is 11.3 Å². The molecule has 2 N–H and O–H groups in total. The van der Waals surface area contributed by atoms with Crippen LogP contribution in [0.15, 0.2) is 4.52 Å². The minimum Gasteiger partial charge on any atom is -0.381 e. The Bertz CT molecular complexity index is 414. The van der Waals surface area contributed by atoms with Crippen molar-refractivity contribution in [2.75, 3.05) is 5.73 Å². The maximum Gasteiger partial charge on any atom is 0.392 e. The first-order chi connectivity index (χ1) is 8.45. The summed E-state index contributed by atoms with van der Waals surface area (Å²) < 4.78 is 44.2. The molecule has 2 unspecified atom stereocenters. The third-order valence-corrected chi connectivity index (χ3v) is 3.73. The molecule has 1 fully saturated rings. The molecule has 0 amide bonds. The van der Waals surface area contributed by atoms with Gasteiger partial charge in [-0.25, -0.2) is 0 Å². The zero-order valence-corrected chi connectivity index (χ0v) is 10.3. The molecule has 0 spiro atoms. The van der Waals surface area contributed by atoms with Gasteiger partial charge in [0.25, 0.3) is 0 Å². The summed E-state index contributed by atoms with van der Waals surface area (Å²) in [6, 6.07) is 0. The second-order valence-electron chi connectivity index (χ2n) is 4.80. The van der Waals surface area contributed by atoms with E-state index >= 15 is 0 Å². The van der Waals surface area contributed by atoms with Gasteiger partial charge >= 0.3 is 6.18 Å². The molecule has 6 heteroatoms. The van der Waals surface area contributed by atoms with Crippen LogP contribution in [0.2, 0.25) is 0 Å². The molecule has 2 rings (SSSR count). The average molecular weight is 262 g/mol. The fourth-order valence-corrected chi connectivity index (χ4v) is 2.82. The molecule has 102 valence electrons. The number of rotatable bonds is 2. The van der Waals surface area contributed by atoms with E-state index in [2.05, 4.69) is 5.16 Å². The average Bonchev–Trinajstić information content (AvgIpc) is 2.69. The van der Waals surface area contributed by atoms with E-state index in [9.17, 15) is 13.2 Å². The second kappa shape index (κ2) is 4.82. The van der Waals surface area contributed by atoms with Crippen molar-refractivity contribution in [3.8, 4) is 0 Å². The van der Waals surface area contributed by atoms with Crippen molar-refractivity contribution < 1.29 is 17.7 Å². The Balaban J connectivity index is 2.34. The number of hydrogen-bond donors (Lipinski definition) is 1. The highest BCUT2D eigenvalue weighted by molar-refractivity contribution is 5.42. The number of hydrogen-bond acceptors (Lipinski definition) is 3. The summed E-state index contributed by atoms with van der Waals surface area (Å²) in [5, 5.41) is 3.61. The van der Waals surface area contributed by atoms with E-state index in [0.717, 1.165) is 6.42 Å². The Labute approximate surface area is 104 Å². The van der Waals surface area contributed by atoms with Gasteiger partial charge in [-0.1, -0.05) is 24.9 Å². The van der Waals surface area contributed by atoms with Gasteiger partial charge < -0.3 is 10.3 Å². The third-order valence-electron chi connectivity index (χ3n) is 3.73. The standard InChI is InChI=1S/C12H17F3N2O/c1-2-7-10(18-17-11(7)16)8-5-3-4-6-9(8)12(13,14)15/h8-9H,2-6H2,1H3,(H2,16,17). The summed E-state index contributed by atoms with van der Waals surface area (Å²) in [4.78, 5) is 0. The summed E-state index contributed by atoms with van der Waals surface area (Å²) in [6.45, 7) is 1.85. The van der Waals surface area contributed by atoms with Gasteiger partial charge in [-0.3, -0.25) is 0 Å². The SMILES string of the molecule is CCc1c(N)noc1C1CCCCC1C(F)(F)F. The van der Waals surface area contributed by atoms with Crippen LogP contribution in [-0.4, -0.2) is 11.3 Å². The first kappa shape index (κ1) is 13.2. The lowest BCUT2D eigenvalue weighted by Crippen LogP contribution is -2.31. The van der Waals surface area contributed by atoms with Crippen molar-refractivity contribution in [2.24, 2.45) is 5.92 Å². The van der Waals surface area contributed by atoms with Gasteiger partial charge in [0.15, 0.2) is 5.82 Å². The minimum absolute atomic E-state index is 0.165. The fourth-order valence-electron chi connectivity index (χ4n) is 2.82. The van der Waals surface area contributed by atoms with Crippen LogP contribution in [0.25, 0.3) is 0 Å². The summed E-state index contributed by atoms with van der Waals surface area (Å²) >= 11 is 0. The zero-order chi connectivity index (χ0) is 13.3. The maximum absolute atomic E-state index is 13.0. The van der Waals surface area contributed by atoms with Crippen molar-refractivity contribution >= 4 is 5.82 Å². The Hall–Kier alpha value is -1.20. The summed E-state index contributed by atoms with van der Waals surface area (Å²) in [6.07, 6.45) is -1.57. The van der Waals surface area contributed by atoms with E-state index in [1.807, 2.05) is 6.92 Å². The molecule has 1 aromatic heterocycles.